The average molecular weight is 501 g/mol. The van der Waals surface area contributed by atoms with E-state index in [4.69, 9.17) is 34.3 Å². The van der Waals surface area contributed by atoms with Crippen LogP contribution in [0.5, 0.6) is 5.75 Å². The van der Waals surface area contributed by atoms with Gasteiger partial charge in [-0.2, -0.15) is 5.10 Å². The van der Waals surface area contributed by atoms with Crippen LogP contribution in [0, 0.1) is 18.3 Å². The molecule has 1 aromatic carbocycles. The van der Waals surface area contributed by atoms with Crippen LogP contribution in [0.1, 0.15) is 34.6 Å². The summed E-state index contributed by atoms with van der Waals surface area (Å²) >= 11 is 12.5. The molecule has 176 valence electrons. The summed E-state index contributed by atoms with van der Waals surface area (Å²) in [5.41, 5.74) is 6.73. The van der Waals surface area contributed by atoms with E-state index >= 15 is 0 Å². The molecule has 0 radical (unpaired) electrons. The number of nitrogens with two attached hydrogens (primary N) is 1. The molecule has 1 aliphatic heterocycles. The number of benzene rings is 1. The maximum absolute atomic E-state index is 13.1. The number of carbonyl (C=O) groups excluding carboxylic acids is 1. The van der Waals surface area contributed by atoms with Crippen molar-refractivity contribution in [3.05, 3.63) is 57.7 Å². The number of aromatic nitrogens is 4. The standard InChI is InChI=1S/C22H22Cl2N8O2/c1-10-28-9-32(30-10)12-3-4-13(14(23)6-12)22(34)29-18-11-2-5-16(18)31(8-11)21-19(33)17(20(25)26)15(24)7-27-21/h3-4,6-7,9,11,16,18,33H,2,5,8H2,1H3,(H3,25,26)(H,29,34)/t11?,16-,18?/m0/s1. The van der Waals surface area contributed by atoms with Crippen LogP contribution in [0.15, 0.2) is 30.7 Å². The van der Waals surface area contributed by atoms with E-state index in [2.05, 4.69) is 20.4 Å². The van der Waals surface area contributed by atoms with Crippen molar-refractivity contribution < 1.29 is 9.90 Å². The molecule has 3 atom stereocenters. The van der Waals surface area contributed by atoms with E-state index in [-0.39, 0.29) is 46.1 Å². The van der Waals surface area contributed by atoms with Crippen molar-refractivity contribution in [2.24, 2.45) is 11.7 Å². The second-order valence-electron chi connectivity index (χ2n) is 8.52. The number of aromatic hydroxyl groups is 1. The Balaban J connectivity index is 1.36. The van der Waals surface area contributed by atoms with Crippen LogP contribution in [-0.2, 0) is 0 Å². The van der Waals surface area contributed by atoms with Crippen LogP contribution < -0.4 is 16.0 Å². The highest BCUT2D eigenvalue weighted by Gasteiger charge is 2.49. The fourth-order valence-electron chi connectivity index (χ4n) is 4.92. The molecule has 12 heteroatoms. The second kappa shape index (κ2) is 8.44. The first-order valence-electron chi connectivity index (χ1n) is 10.7. The topological polar surface area (TPSA) is 146 Å². The van der Waals surface area contributed by atoms with Crippen LogP contribution in [0.2, 0.25) is 10.0 Å². The Labute approximate surface area is 205 Å². The highest BCUT2D eigenvalue weighted by molar-refractivity contribution is 6.34. The van der Waals surface area contributed by atoms with Crippen molar-refractivity contribution in [3.8, 4) is 11.4 Å². The van der Waals surface area contributed by atoms with E-state index in [0.29, 0.717) is 34.5 Å². The number of nitrogens with zero attached hydrogens (tertiary/aromatic N) is 5. The summed E-state index contributed by atoms with van der Waals surface area (Å²) in [5, 5.41) is 26.2. The van der Waals surface area contributed by atoms with Gasteiger partial charge in [0.25, 0.3) is 5.91 Å². The predicted molar refractivity (Wildman–Crippen MR) is 128 cm³/mol. The van der Waals surface area contributed by atoms with Crippen molar-refractivity contribution in [1.29, 1.82) is 5.41 Å². The van der Waals surface area contributed by atoms with Gasteiger partial charge < -0.3 is 21.1 Å². The van der Waals surface area contributed by atoms with E-state index in [1.807, 2.05) is 4.90 Å². The molecule has 2 aromatic heterocycles. The number of amidine groups is 1. The van der Waals surface area contributed by atoms with Crippen LogP contribution in [-0.4, -0.2) is 55.2 Å². The van der Waals surface area contributed by atoms with E-state index < -0.39 is 0 Å². The Morgan fingerprint density at radius 1 is 1.26 bits per heavy atom. The van der Waals surface area contributed by atoms with Gasteiger partial charge in [0.05, 0.1) is 38.9 Å². The number of rotatable bonds is 5. The first kappa shape index (κ1) is 22.4. The predicted octanol–water partition coefficient (Wildman–Crippen LogP) is 2.66. The lowest BCUT2D eigenvalue weighted by Crippen LogP contribution is -2.44. The van der Waals surface area contributed by atoms with Crippen LogP contribution >= 0.6 is 23.2 Å². The summed E-state index contributed by atoms with van der Waals surface area (Å²) in [6, 6.07) is 4.91. The Morgan fingerprint density at radius 3 is 2.74 bits per heavy atom. The summed E-state index contributed by atoms with van der Waals surface area (Å²) in [5.74, 6) is 0.303. The third-order valence-corrected chi connectivity index (χ3v) is 7.08. The highest BCUT2D eigenvalue weighted by atomic mass is 35.5. The van der Waals surface area contributed by atoms with Crippen molar-refractivity contribution in [2.75, 3.05) is 11.4 Å². The van der Waals surface area contributed by atoms with Gasteiger partial charge in [-0.1, -0.05) is 23.2 Å². The van der Waals surface area contributed by atoms with Gasteiger partial charge >= 0.3 is 0 Å². The van der Waals surface area contributed by atoms with E-state index in [0.717, 1.165) is 12.8 Å². The summed E-state index contributed by atoms with van der Waals surface area (Å²) in [6.45, 7) is 2.40. The first-order chi connectivity index (χ1) is 16.2. The van der Waals surface area contributed by atoms with E-state index in [1.54, 1.807) is 36.1 Å². The van der Waals surface area contributed by atoms with Gasteiger partial charge in [-0.25, -0.2) is 14.6 Å². The zero-order valence-corrected chi connectivity index (χ0v) is 19.7. The molecule has 1 saturated heterocycles. The summed E-state index contributed by atoms with van der Waals surface area (Å²) in [4.78, 5) is 23.5. The lowest BCUT2D eigenvalue weighted by Gasteiger charge is -2.29. The molecule has 5 rings (SSSR count). The fraction of sp³-hybridized carbons (Fsp3) is 0.318. The van der Waals surface area contributed by atoms with Crippen molar-refractivity contribution >= 4 is 40.8 Å². The summed E-state index contributed by atoms with van der Waals surface area (Å²) < 4.78 is 1.60. The Morgan fingerprint density at radius 2 is 2.06 bits per heavy atom. The largest absolute Gasteiger partial charge is 0.504 e. The molecule has 2 unspecified atom stereocenters. The molecule has 1 saturated carbocycles. The average Bonchev–Trinajstić information content (AvgIpc) is 3.48. The number of nitrogens with one attached hydrogen (secondary N) is 2. The highest BCUT2D eigenvalue weighted by Crippen LogP contribution is 2.44. The number of anilines is 1. The Kier molecular flexibility index (Phi) is 5.57. The van der Waals surface area contributed by atoms with Gasteiger partial charge in [-0.15, -0.1) is 0 Å². The van der Waals surface area contributed by atoms with Crippen LogP contribution in [0.3, 0.4) is 0 Å². The number of hydrogen-bond donors (Lipinski definition) is 4. The minimum absolute atomic E-state index is 0.0597. The maximum Gasteiger partial charge on any atom is 0.253 e. The number of carbonyl (C=O) groups is 1. The molecule has 10 nitrogen and oxygen atoms in total. The molecular weight excluding hydrogens is 479 g/mol. The quantitative estimate of drug-likeness (QED) is 0.311. The van der Waals surface area contributed by atoms with Gasteiger partial charge in [0.15, 0.2) is 11.6 Å². The van der Waals surface area contributed by atoms with Gasteiger partial charge in [0.1, 0.15) is 18.0 Å². The van der Waals surface area contributed by atoms with Crippen LogP contribution in [0.4, 0.5) is 5.82 Å². The minimum Gasteiger partial charge on any atom is -0.504 e. The first-order valence-corrected chi connectivity index (χ1v) is 11.5. The molecule has 3 heterocycles. The van der Waals surface area contributed by atoms with Crippen molar-refractivity contribution in [3.63, 3.8) is 0 Å². The number of hydrogen-bond acceptors (Lipinski definition) is 7. The zero-order valence-electron chi connectivity index (χ0n) is 18.2. The molecule has 0 spiro atoms. The van der Waals surface area contributed by atoms with E-state index in [1.165, 1.54) is 6.20 Å². The lowest BCUT2D eigenvalue weighted by molar-refractivity contribution is 0.0932. The second-order valence-corrected chi connectivity index (χ2v) is 9.34. The fourth-order valence-corrected chi connectivity index (χ4v) is 5.42. The Hall–Kier alpha value is -3.37. The van der Waals surface area contributed by atoms with Gasteiger partial charge in [0, 0.05) is 12.7 Å². The number of fused-ring (bicyclic) bond motifs is 2. The van der Waals surface area contributed by atoms with E-state index in [9.17, 15) is 9.90 Å². The molecule has 2 fully saturated rings. The maximum atomic E-state index is 13.1. The monoisotopic (exact) mass is 500 g/mol. The summed E-state index contributed by atoms with van der Waals surface area (Å²) in [7, 11) is 0. The van der Waals surface area contributed by atoms with Gasteiger partial charge in [-0.3, -0.25) is 10.2 Å². The Bertz CT molecular complexity index is 1310. The number of aryl methyl sites for hydroxylation is 1. The molecule has 3 aromatic rings. The number of pyridine rings is 1. The molecule has 34 heavy (non-hydrogen) atoms. The molecule has 2 bridgehead atoms. The van der Waals surface area contributed by atoms with Crippen LogP contribution in [0.25, 0.3) is 5.69 Å². The number of piperidine rings is 1. The molecule has 2 aliphatic rings. The van der Waals surface area contributed by atoms with Gasteiger partial charge in [-0.05, 0) is 43.9 Å². The third-order valence-electron chi connectivity index (χ3n) is 6.48. The molecule has 5 N–H and O–H groups in total. The SMILES string of the molecule is Cc1ncn(-c2ccc(C(=O)NC3C4CC[C@@H]3N(c3ncc(Cl)c(C(=N)N)c3O)C4)c(Cl)c2)n1. The molecular formula is C22H22Cl2N8O2. The third kappa shape index (κ3) is 3.72. The smallest absolute Gasteiger partial charge is 0.253 e. The number of amides is 1. The normalized spacial score (nSPS) is 21.1. The van der Waals surface area contributed by atoms with Gasteiger partial charge in [0.2, 0.25) is 0 Å². The molecule has 1 amide bonds. The lowest BCUT2D eigenvalue weighted by atomic mass is 10.1. The van der Waals surface area contributed by atoms with Crippen molar-refractivity contribution in [1.82, 2.24) is 25.1 Å². The number of halogens is 2. The zero-order chi connectivity index (χ0) is 24.1. The molecule has 1 aliphatic carbocycles. The minimum atomic E-state index is -0.334. The summed E-state index contributed by atoms with van der Waals surface area (Å²) in [6.07, 6.45) is 4.74. The van der Waals surface area contributed by atoms with Crippen molar-refractivity contribution in [2.45, 2.75) is 31.8 Å². The number of nitrogen functional groups attached to an aromatic ring is 1.